The van der Waals surface area contributed by atoms with Crippen molar-refractivity contribution in [1.82, 2.24) is 4.98 Å². The van der Waals surface area contributed by atoms with E-state index in [4.69, 9.17) is 11.6 Å². The van der Waals surface area contributed by atoms with E-state index >= 15 is 0 Å². The van der Waals surface area contributed by atoms with Gasteiger partial charge in [-0.15, -0.1) is 0 Å². The molecule has 2 aromatic rings. The SMILES string of the molecule is Cc1cnc2c(F)ccc(F)c2c1Cl. The highest BCUT2D eigenvalue weighted by molar-refractivity contribution is 6.36. The molecule has 2 rings (SSSR count). The van der Waals surface area contributed by atoms with E-state index in [0.29, 0.717) is 5.56 Å². The highest BCUT2D eigenvalue weighted by atomic mass is 35.5. The van der Waals surface area contributed by atoms with E-state index in [1.54, 1.807) is 6.92 Å². The summed E-state index contributed by atoms with van der Waals surface area (Å²) in [6, 6.07) is 2.08. The van der Waals surface area contributed by atoms with Crippen LogP contribution in [0.3, 0.4) is 0 Å². The van der Waals surface area contributed by atoms with Gasteiger partial charge in [0.2, 0.25) is 0 Å². The van der Waals surface area contributed by atoms with E-state index < -0.39 is 11.6 Å². The Labute approximate surface area is 84.3 Å². The number of halogens is 3. The van der Waals surface area contributed by atoms with Crippen LogP contribution in [0, 0.1) is 18.6 Å². The Morgan fingerprint density at radius 3 is 2.57 bits per heavy atom. The predicted molar refractivity (Wildman–Crippen MR) is 51.4 cm³/mol. The van der Waals surface area contributed by atoms with Crippen molar-refractivity contribution in [2.24, 2.45) is 0 Å². The highest BCUT2D eigenvalue weighted by Crippen LogP contribution is 2.28. The highest BCUT2D eigenvalue weighted by Gasteiger charge is 2.11. The molecule has 4 heteroatoms. The standard InChI is InChI=1S/C10H6ClF2N/c1-5-4-14-10-7(13)3-2-6(12)8(10)9(5)11/h2-4H,1H3. The number of benzene rings is 1. The van der Waals surface area contributed by atoms with Crippen LogP contribution in [0.25, 0.3) is 10.9 Å². The number of hydrogen-bond donors (Lipinski definition) is 0. The van der Waals surface area contributed by atoms with Gasteiger partial charge in [0.15, 0.2) is 0 Å². The van der Waals surface area contributed by atoms with E-state index in [9.17, 15) is 8.78 Å². The van der Waals surface area contributed by atoms with Crippen molar-refractivity contribution in [3.63, 3.8) is 0 Å². The number of pyridine rings is 1. The Kier molecular flexibility index (Phi) is 2.11. The maximum atomic E-state index is 13.3. The minimum atomic E-state index is -0.566. The molecule has 0 aliphatic carbocycles. The van der Waals surface area contributed by atoms with E-state index in [1.807, 2.05) is 0 Å². The molecule has 0 atom stereocenters. The Hall–Kier alpha value is -1.22. The summed E-state index contributed by atoms with van der Waals surface area (Å²) in [6.07, 6.45) is 1.42. The third-order valence-electron chi connectivity index (χ3n) is 2.03. The van der Waals surface area contributed by atoms with E-state index in [-0.39, 0.29) is 15.9 Å². The van der Waals surface area contributed by atoms with Crippen molar-refractivity contribution in [3.8, 4) is 0 Å². The van der Waals surface area contributed by atoms with Gasteiger partial charge in [0.05, 0.1) is 10.4 Å². The van der Waals surface area contributed by atoms with Crippen LogP contribution in [-0.4, -0.2) is 4.98 Å². The summed E-state index contributed by atoms with van der Waals surface area (Å²) in [5.41, 5.74) is 0.601. The van der Waals surface area contributed by atoms with Gasteiger partial charge in [0.25, 0.3) is 0 Å². The maximum Gasteiger partial charge on any atom is 0.149 e. The average Bonchev–Trinajstić information content (AvgIpc) is 2.16. The molecule has 0 fully saturated rings. The van der Waals surface area contributed by atoms with Crippen LogP contribution in [0.2, 0.25) is 5.02 Å². The van der Waals surface area contributed by atoms with Gasteiger partial charge in [-0.05, 0) is 24.6 Å². The lowest BCUT2D eigenvalue weighted by atomic mass is 10.1. The van der Waals surface area contributed by atoms with Crippen LogP contribution in [0.15, 0.2) is 18.3 Å². The Bertz CT molecular complexity index is 511. The first-order valence-corrected chi connectivity index (χ1v) is 4.38. The molecule has 72 valence electrons. The zero-order valence-corrected chi connectivity index (χ0v) is 8.07. The third-order valence-corrected chi connectivity index (χ3v) is 2.52. The number of rotatable bonds is 0. The van der Waals surface area contributed by atoms with Crippen molar-refractivity contribution in [3.05, 3.63) is 40.6 Å². The Morgan fingerprint density at radius 2 is 1.86 bits per heavy atom. The molecule has 0 amide bonds. The molecular weight excluding hydrogens is 208 g/mol. The van der Waals surface area contributed by atoms with Crippen LogP contribution < -0.4 is 0 Å². The number of aromatic nitrogens is 1. The lowest BCUT2D eigenvalue weighted by Crippen LogP contribution is -1.91. The molecular formula is C10H6ClF2N. The zero-order valence-electron chi connectivity index (χ0n) is 7.31. The summed E-state index contributed by atoms with van der Waals surface area (Å²) < 4.78 is 26.5. The third kappa shape index (κ3) is 1.24. The van der Waals surface area contributed by atoms with Crippen LogP contribution >= 0.6 is 11.6 Å². The fraction of sp³-hybridized carbons (Fsp3) is 0.100. The quantitative estimate of drug-likeness (QED) is 0.653. The van der Waals surface area contributed by atoms with Crippen molar-refractivity contribution in [1.29, 1.82) is 0 Å². The van der Waals surface area contributed by atoms with Gasteiger partial charge < -0.3 is 0 Å². The van der Waals surface area contributed by atoms with E-state index in [1.165, 1.54) is 6.20 Å². The zero-order chi connectivity index (χ0) is 10.3. The van der Waals surface area contributed by atoms with Gasteiger partial charge in [-0.1, -0.05) is 11.6 Å². The average molecular weight is 214 g/mol. The number of aryl methyl sites for hydroxylation is 1. The largest absolute Gasteiger partial charge is 0.253 e. The molecule has 0 saturated carbocycles. The summed E-state index contributed by atoms with van der Waals surface area (Å²) in [5, 5.41) is 0.263. The second-order valence-electron chi connectivity index (χ2n) is 3.01. The van der Waals surface area contributed by atoms with Crippen LogP contribution in [0.4, 0.5) is 8.78 Å². The minimum Gasteiger partial charge on any atom is -0.253 e. The minimum absolute atomic E-state index is 0.0272. The topological polar surface area (TPSA) is 12.9 Å². The van der Waals surface area contributed by atoms with E-state index in [2.05, 4.69) is 4.98 Å². The lowest BCUT2D eigenvalue weighted by molar-refractivity contribution is 0.615. The summed E-state index contributed by atoms with van der Waals surface area (Å²) in [7, 11) is 0. The second-order valence-corrected chi connectivity index (χ2v) is 3.39. The fourth-order valence-electron chi connectivity index (χ4n) is 1.29. The summed E-state index contributed by atoms with van der Waals surface area (Å²) >= 11 is 5.86. The summed E-state index contributed by atoms with van der Waals surface area (Å²) in [6.45, 7) is 1.69. The first-order chi connectivity index (χ1) is 6.61. The van der Waals surface area contributed by atoms with Gasteiger partial charge in [-0.25, -0.2) is 8.78 Å². The maximum absolute atomic E-state index is 13.3. The summed E-state index contributed by atoms with van der Waals surface area (Å²) in [5.74, 6) is -1.12. The van der Waals surface area contributed by atoms with Crippen molar-refractivity contribution in [2.75, 3.05) is 0 Å². The van der Waals surface area contributed by atoms with Gasteiger partial charge >= 0.3 is 0 Å². The molecule has 0 radical (unpaired) electrons. The lowest BCUT2D eigenvalue weighted by Gasteiger charge is -2.04. The fourth-order valence-corrected chi connectivity index (χ4v) is 1.52. The molecule has 0 aliphatic heterocycles. The molecule has 1 nitrogen and oxygen atoms in total. The monoisotopic (exact) mass is 213 g/mol. The Balaban J connectivity index is 3.01. The van der Waals surface area contributed by atoms with Crippen molar-refractivity contribution in [2.45, 2.75) is 6.92 Å². The molecule has 0 spiro atoms. The van der Waals surface area contributed by atoms with Crippen LogP contribution in [0.5, 0.6) is 0 Å². The van der Waals surface area contributed by atoms with Gasteiger partial charge in [-0.3, -0.25) is 4.98 Å². The number of hydrogen-bond acceptors (Lipinski definition) is 1. The molecule has 0 unspecified atom stereocenters. The van der Waals surface area contributed by atoms with E-state index in [0.717, 1.165) is 12.1 Å². The predicted octanol–water partition coefficient (Wildman–Crippen LogP) is 3.47. The smallest absolute Gasteiger partial charge is 0.149 e. The molecule has 0 saturated heterocycles. The molecule has 0 N–H and O–H groups in total. The second kappa shape index (κ2) is 3.17. The normalized spacial score (nSPS) is 10.9. The molecule has 14 heavy (non-hydrogen) atoms. The van der Waals surface area contributed by atoms with Gasteiger partial charge in [-0.2, -0.15) is 0 Å². The molecule has 1 heterocycles. The Morgan fingerprint density at radius 1 is 1.21 bits per heavy atom. The first kappa shape index (κ1) is 9.34. The number of nitrogens with zero attached hydrogens (tertiary/aromatic N) is 1. The first-order valence-electron chi connectivity index (χ1n) is 4.00. The van der Waals surface area contributed by atoms with Gasteiger partial charge in [0.1, 0.15) is 17.2 Å². The molecule has 1 aromatic heterocycles. The molecule has 1 aromatic carbocycles. The van der Waals surface area contributed by atoms with Crippen molar-refractivity contribution < 1.29 is 8.78 Å². The molecule has 0 aliphatic rings. The summed E-state index contributed by atoms with van der Waals surface area (Å²) in [4.78, 5) is 3.80. The van der Waals surface area contributed by atoms with Crippen LogP contribution in [-0.2, 0) is 0 Å². The van der Waals surface area contributed by atoms with Crippen molar-refractivity contribution >= 4 is 22.5 Å². The van der Waals surface area contributed by atoms with Crippen LogP contribution in [0.1, 0.15) is 5.56 Å². The molecule has 0 bridgehead atoms. The van der Waals surface area contributed by atoms with Gasteiger partial charge in [0, 0.05) is 6.20 Å². The number of fused-ring (bicyclic) bond motifs is 1.